The standard InChI is InChI=1S/C19H16F3N3O5S/c1-25(2)31(27,28)15-5-3-4-13(10-15)18(26)29-11-16-23-17(24-30-16)12-6-8-14(9-7-12)19(20,21)22/h3-10H,11H2,1-2H3. The van der Waals surface area contributed by atoms with E-state index in [-0.39, 0.29) is 27.7 Å². The molecule has 0 saturated heterocycles. The van der Waals surface area contributed by atoms with Crippen LogP contribution in [0.3, 0.4) is 0 Å². The molecule has 0 atom stereocenters. The number of halogens is 3. The van der Waals surface area contributed by atoms with Gasteiger partial charge in [0, 0.05) is 19.7 Å². The molecule has 2 aromatic carbocycles. The first-order valence-corrected chi connectivity index (χ1v) is 10.1. The van der Waals surface area contributed by atoms with Gasteiger partial charge in [-0.1, -0.05) is 23.4 Å². The molecule has 0 fully saturated rings. The van der Waals surface area contributed by atoms with Crippen molar-refractivity contribution >= 4 is 16.0 Å². The topological polar surface area (TPSA) is 103 Å². The number of rotatable bonds is 6. The van der Waals surface area contributed by atoms with Crippen LogP contribution in [0.5, 0.6) is 0 Å². The molecule has 3 aromatic rings. The van der Waals surface area contributed by atoms with Crippen LogP contribution in [0.2, 0.25) is 0 Å². The van der Waals surface area contributed by atoms with E-state index < -0.39 is 34.3 Å². The minimum atomic E-state index is -4.46. The molecule has 0 aliphatic rings. The maximum atomic E-state index is 12.6. The summed E-state index contributed by atoms with van der Waals surface area (Å²) in [5.74, 6) is -0.871. The Kier molecular flexibility index (Phi) is 6.13. The summed E-state index contributed by atoms with van der Waals surface area (Å²) in [6.45, 7) is -0.406. The first-order chi connectivity index (χ1) is 14.5. The third kappa shape index (κ3) is 5.09. The number of benzene rings is 2. The molecule has 0 aliphatic carbocycles. The highest BCUT2D eigenvalue weighted by molar-refractivity contribution is 7.89. The summed E-state index contributed by atoms with van der Waals surface area (Å²) in [7, 11) is -0.995. The summed E-state index contributed by atoms with van der Waals surface area (Å²) in [6, 6.07) is 9.49. The zero-order valence-corrected chi connectivity index (χ0v) is 17.1. The fourth-order valence-electron chi connectivity index (χ4n) is 2.44. The number of alkyl halides is 3. The lowest BCUT2D eigenvalue weighted by Crippen LogP contribution is -2.22. The van der Waals surface area contributed by atoms with Gasteiger partial charge < -0.3 is 9.26 Å². The Morgan fingerprint density at radius 3 is 2.42 bits per heavy atom. The number of ether oxygens (including phenoxy) is 1. The van der Waals surface area contributed by atoms with Crippen LogP contribution in [-0.2, 0) is 27.5 Å². The molecule has 0 aliphatic heterocycles. The van der Waals surface area contributed by atoms with Crippen molar-refractivity contribution in [3.63, 3.8) is 0 Å². The number of hydrogen-bond acceptors (Lipinski definition) is 7. The summed E-state index contributed by atoms with van der Waals surface area (Å²) in [5.41, 5.74) is -0.520. The lowest BCUT2D eigenvalue weighted by Gasteiger charge is -2.11. The smallest absolute Gasteiger partial charge is 0.416 e. The van der Waals surface area contributed by atoms with Crippen LogP contribution in [-0.4, -0.2) is 42.9 Å². The Hall–Kier alpha value is -3.25. The third-order valence-electron chi connectivity index (χ3n) is 4.11. The molecule has 1 aromatic heterocycles. The van der Waals surface area contributed by atoms with E-state index in [0.29, 0.717) is 0 Å². The number of esters is 1. The Labute approximate surface area is 175 Å². The SMILES string of the molecule is CN(C)S(=O)(=O)c1cccc(C(=O)OCc2nc(-c3ccc(C(F)(F)F)cc3)no2)c1. The first-order valence-electron chi connectivity index (χ1n) is 8.68. The Morgan fingerprint density at radius 2 is 1.81 bits per heavy atom. The molecule has 0 bridgehead atoms. The molecule has 1 heterocycles. The minimum Gasteiger partial charge on any atom is -0.452 e. The molecule has 0 amide bonds. The van der Waals surface area contributed by atoms with E-state index in [4.69, 9.17) is 9.26 Å². The van der Waals surface area contributed by atoms with Gasteiger partial charge in [0.25, 0.3) is 5.89 Å². The van der Waals surface area contributed by atoms with Crippen LogP contribution in [0.15, 0.2) is 57.9 Å². The van der Waals surface area contributed by atoms with E-state index in [1.165, 1.54) is 50.5 Å². The largest absolute Gasteiger partial charge is 0.452 e. The highest BCUT2D eigenvalue weighted by atomic mass is 32.2. The normalized spacial score (nSPS) is 12.2. The van der Waals surface area contributed by atoms with Crippen molar-refractivity contribution in [2.45, 2.75) is 17.7 Å². The second-order valence-corrected chi connectivity index (χ2v) is 8.63. The van der Waals surface area contributed by atoms with Crippen LogP contribution in [0.4, 0.5) is 13.2 Å². The first kappa shape index (κ1) is 22.4. The van der Waals surface area contributed by atoms with Gasteiger partial charge >= 0.3 is 12.1 Å². The van der Waals surface area contributed by atoms with Crippen molar-refractivity contribution in [3.05, 3.63) is 65.5 Å². The van der Waals surface area contributed by atoms with Crippen molar-refractivity contribution in [2.24, 2.45) is 0 Å². The van der Waals surface area contributed by atoms with Gasteiger partial charge in [-0.05, 0) is 30.3 Å². The molecular formula is C19H16F3N3O5S. The van der Waals surface area contributed by atoms with Gasteiger partial charge in [0.1, 0.15) is 0 Å². The molecule has 0 radical (unpaired) electrons. The van der Waals surface area contributed by atoms with Crippen molar-refractivity contribution in [2.75, 3.05) is 14.1 Å². The van der Waals surface area contributed by atoms with Gasteiger partial charge in [-0.15, -0.1) is 0 Å². The molecule has 0 saturated carbocycles. The average Bonchev–Trinajstić information content (AvgIpc) is 3.20. The number of carbonyl (C=O) groups is 1. The van der Waals surface area contributed by atoms with E-state index in [9.17, 15) is 26.4 Å². The molecule has 0 unspecified atom stereocenters. The van der Waals surface area contributed by atoms with Gasteiger partial charge in [-0.3, -0.25) is 0 Å². The quantitative estimate of drug-likeness (QED) is 0.525. The Morgan fingerprint density at radius 1 is 1.13 bits per heavy atom. The summed E-state index contributed by atoms with van der Waals surface area (Å²) >= 11 is 0. The van der Waals surface area contributed by atoms with Crippen LogP contribution in [0.25, 0.3) is 11.4 Å². The number of nitrogens with zero attached hydrogens (tertiary/aromatic N) is 3. The summed E-state index contributed by atoms with van der Waals surface area (Å²) in [5, 5.41) is 3.65. The second-order valence-electron chi connectivity index (χ2n) is 6.48. The fourth-order valence-corrected chi connectivity index (χ4v) is 3.39. The third-order valence-corrected chi connectivity index (χ3v) is 5.92. The number of hydrogen-bond donors (Lipinski definition) is 0. The van der Waals surface area contributed by atoms with Crippen molar-refractivity contribution in [3.8, 4) is 11.4 Å². The zero-order chi connectivity index (χ0) is 22.8. The lowest BCUT2D eigenvalue weighted by molar-refractivity contribution is -0.137. The maximum Gasteiger partial charge on any atom is 0.416 e. The number of carbonyl (C=O) groups excluding carboxylic acids is 1. The average molecular weight is 455 g/mol. The maximum absolute atomic E-state index is 12.6. The fraction of sp³-hybridized carbons (Fsp3) is 0.211. The van der Waals surface area contributed by atoms with Crippen molar-refractivity contribution < 1.29 is 35.6 Å². The van der Waals surface area contributed by atoms with Crippen LogP contribution >= 0.6 is 0 Å². The van der Waals surface area contributed by atoms with E-state index in [0.717, 1.165) is 16.4 Å². The molecule has 31 heavy (non-hydrogen) atoms. The van der Waals surface area contributed by atoms with Crippen molar-refractivity contribution in [1.29, 1.82) is 0 Å². The predicted molar refractivity (Wildman–Crippen MR) is 101 cm³/mol. The minimum absolute atomic E-state index is 0.00500. The predicted octanol–water partition coefficient (Wildman–Crippen LogP) is 3.36. The van der Waals surface area contributed by atoms with Crippen LogP contribution in [0.1, 0.15) is 21.8 Å². The zero-order valence-electron chi connectivity index (χ0n) is 16.3. The molecule has 3 rings (SSSR count). The summed E-state index contributed by atoms with van der Waals surface area (Å²) in [6.07, 6.45) is -4.46. The second kappa shape index (κ2) is 8.47. The van der Waals surface area contributed by atoms with Crippen LogP contribution in [0, 0.1) is 0 Å². The molecule has 164 valence electrons. The highest BCUT2D eigenvalue weighted by Gasteiger charge is 2.30. The van der Waals surface area contributed by atoms with Gasteiger partial charge in [-0.25, -0.2) is 17.5 Å². The van der Waals surface area contributed by atoms with Gasteiger partial charge in [0.15, 0.2) is 6.61 Å². The molecule has 12 heteroatoms. The van der Waals surface area contributed by atoms with E-state index >= 15 is 0 Å². The summed E-state index contributed by atoms with van der Waals surface area (Å²) < 4.78 is 73.3. The lowest BCUT2D eigenvalue weighted by atomic mass is 10.1. The molecule has 0 N–H and O–H groups in total. The monoisotopic (exact) mass is 455 g/mol. The molecular weight excluding hydrogens is 439 g/mol. The highest BCUT2D eigenvalue weighted by Crippen LogP contribution is 2.30. The van der Waals surface area contributed by atoms with Gasteiger partial charge in [-0.2, -0.15) is 18.2 Å². The number of sulfonamides is 1. The van der Waals surface area contributed by atoms with Gasteiger partial charge in [0.2, 0.25) is 15.8 Å². The molecule has 8 nitrogen and oxygen atoms in total. The molecule has 0 spiro atoms. The Balaban J connectivity index is 1.68. The van der Waals surface area contributed by atoms with E-state index in [1.807, 2.05) is 0 Å². The Bertz CT molecular complexity index is 1190. The van der Waals surface area contributed by atoms with Crippen molar-refractivity contribution in [1.82, 2.24) is 14.4 Å². The van der Waals surface area contributed by atoms with E-state index in [2.05, 4.69) is 10.1 Å². The van der Waals surface area contributed by atoms with Crippen LogP contribution < -0.4 is 0 Å². The number of aromatic nitrogens is 2. The van der Waals surface area contributed by atoms with E-state index in [1.54, 1.807) is 0 Å². The van der Waals surface area contributed by atoms with Gasteiger partial charge in [0.05, 0.1) is 16.0 Å². The summed E-state index contributed by atoms with van der Waals surface area (Å²) in [4.78, 5) is 16.2.